The highest BCUT2D eigenvalue weighted by Gasteiger charge is 2.45. The lowest BCUT2D eigenvalue weighted by atomic mass is 10.5. The fourth-order valence-electron chi connectivity index (χ4n) is 2.69. The third-order valence-corrected chi connectivity index (χ3v) is 9.98. The molecule has 1 unspecified atom stereocenters. The van der Waals surface area contributed by atoms with Gasteiger partial charge in [-0.3, -0.25) is 0 Å². The fraction of sp³-hybridized carbons (Fsp3) is 1.00. The van der Waals surface area contributed by atoms with Crippen LogP contribution in [0.5, 0.6) is 0 Å². The summed E-state index contributed by atoms with van der Waals surface area (Å²) in [6.07, 6.45) is 0. The Balaban J connectivity index is 4.95. The Morgan fingerprint density at radius 1 is 0.786 bits per heavy atom. The smallest absolute Gasteiger partial charge is 0.201 e. The van der Waals surface area contributed by atoms with Crippen LogP contribution >= 0.6 is 22.6 Å². The van der Waals surface area contributed by atoms with Crippen LogP contribution in [0.1, 0.15) is 48.5 Å². The molecule has 0 bridgehead atoms. The van der Waals surface area contributed by atoms with E-state index in [2.05, 4.69) is 71.1 Å². The number of halogens is 1. The van der Waals surface area contributed by atoms with E-state index in [1.165, 1.54) is 0 Å². The predicted octanol–water partition coefficient (Wildman–Crippen LogP) is 4.96. The van der Waals surface area contributed by atoms with E-state index in [0.29, 0.717) is 20.7 Å². The van der Waals surface area contributed by atoms with Gasteiger partial charge in [-0.2, -0.15) is 0 Å². The summed E-state index contributed by atoms with van der Waals surface area (Å²) in [6.45, 7) is 16.1. The first-order valence-electron chi connectivity index (χ1n) is 5.57. The maximum Gasteiger partial charge on any atom is 0.201 e. The van der Waals surface area contributed by atoms with Gasteiger partial charge in [0.25, 0.3) is 0 Å². The SMILES string of the molecule is CC(I)O[Si](C(C)C)(C(C)C)C(C)C. The van der Waals surface area contributed by atoms with Gasteiger partial charge in [-0.1, -0.05) is 64.1 Å². The topological polar surface area (TPSA) is 9.23 Å². The van der Waals surface area contributed by atoms with E-state index < -0.39 is 8.32 Å². The quantitative estimate of drug-likeness (QED) is 0.394. The third-order valence-electron chi connectivity index (χ3n) is 3.07. The molecular weight excluding hydrogens is 303 g/mol. The highest BCUT2D eigenvalue weighted by molar-refractivity contribution is 14.1. The lowest BCUT2D eigenvalue weighted by Crippen LogP contribution is -2.48. The second-order valence-electron chi connectivity index (χ2n) is 4.98. The molecule has 0 saturated heterocycles. The minimum Gasteiger partial charge on any atom is -0.405 e. The van der Waals surface area contributed by atoms with E-state index in [1.807, 2.05) is 0 Å². The minimum absolute atomic E-state index is 0.339. The van der Waals surface area contributed by atoms with Crippen LogP contribution in [0.2, 0.25) is 16.6 Å². The zero-order valence-corrected chi connectivity index (χ0v) is 13.8. The van der Waals surface area contributed by atoms with Crippen molar-refractivity contribution in [3.8, 4) is 0 Å². The number of hydrogen-bond acceptors (Lipinski definition) is 1. The van der Waals surface area contributed by atoms with Crippen molar-refractivity contribution < 1.29 is 4.43 Å². The van der Waals surface area contributed by atoms with Gasteiger partial charge in [0.2, 0.25) is 8.32 Å². The highest BCUT2D eigenvalue weighted by Crippen LogP contribution is 2.43. The first-order chi connectivity index (χ1) is 6.25. The predicted molar refractivity (Wildman–Crippen MR) is 75.6 cm³/mol. The summed E-state index contributed by atoms with van der Waals surface area (Å²) in [5.74, 6) is 0. The Morgan fingerprint density at radius 2 is 1.07 bits per heavy atom. The maximum atomic E-state index is 6.35. The van der Waals surface area contributed by atoms with Crippen LogP contribution in [0.15, 0.2) is 0 Å². The van der Waals surface area contributed by atoms with Crippen molar-refractivity contribution in [2.75, 3.05) is 0 Å². The van der Waals surface area contributed by atoms with E-state index >= 15 is 0 Å². The minimum atomic E-state index is -1.60. The zero-order chi connectivity index (χ0) is 11.5. The molecule has 0 amide bonds. The van der Waals surface area contributed by atoms with Crippen LogP contribution in [0.4, 0.5) is 0 Å². The molecular formula is C11H25IOSi. The highest BCUT2D eigenvalue weighted by atomic mass is 127. The zero-order valence-electron chi connectivity index (χ0n) is 10.6. The molecule has 0 fully saturated rings. The summed E-state index contributed by atoms with van der Waals surface area (Å²) >= 11 is 2.38. The van der Waals surface area contributed by atoms with Crippen molar-refractivity contribution in [2.45, 2.75) is 69.2 Å². The number of rotatable bonds is 5. The van der Waals surface area contributed by atoms with Gasteiger partial charge in [0.1, 0.15) is 0 Å². The molecule has 14 heavy (non-hydrogen) atoms. The van der Waals surface area contributed by atoms with Gasteiger partial charge in [0.05, 0.1) is 4.11 Å². The molecule has 0 aliphatic carbocycles. The molecule has 0 aromatic carbocycles. The average Bonchev–Trinajstić information content (AvgIpc) is 1.97. The van der Waals surface area contributed by atoms with E-state index in [4.69, 9.17) is 4.43 Å². The monoisotopic (exact) mass is 328 g/mol. The first-order valence-corrected chi connectivity index (χ1v) is 8.95. The average molecular weight is 328 g/mol. The molecule has 1 nitrogen and oxygen atoms in total. The van der Waals surface area contributed by atoms with Crippen LogP contribution in [0.25, 0.3) is 0 Å². The molecule has 0 rings (SSSR count). The summed E-state index contributed by atoms with van der Waals surface area (Å²) in [7, 11) is -1.60. The van der Waals surface area contributed by atoms with E-state index in [9.17, 15) is 0 Å². The standard InChI is InChI=1S/C11H25IOSi/c1-8(2)14(9(3)4,10(5)6)13-11(7)12/h8-11H,1-7H3. The van der Waals surface area contributed by atoms with Crippen molar-refractivity contribution in [1.29, 1.82) is 0 Å². The normalized spacial score (nSPS) is 15.6. The molecule has 0 N–H and O–H groups in total. The van der Waals surface area contributed by atoms with E-state index in [0.717, 1.165) is 0 Å². The van der Waals surface area contributed by atoms with Crippen LogP contribution in [0, 0.1) is 0 Å². The summed E-state index contributed by atoms with van der Waals surface area (Å²) in [6, 6.07) is 0. The van der Waals surface area contributed by atoms with E-state index in [-0.39, 0.29) is 0 Å². The van der Waals surface area contributed by atoms with Crippen molar-refractivity contribution in [1.82, 2.24) is 0 Å². The van der Waals surface area contributed by atoms with Crippen molar-refractivity contribution in [2.24, 2.45) is 0 Å². The van der Waals surface area contributed by atoms with Gasteiger partial charge in [-0.05, 0) is 23.5 Å². The van der Waals surface area contributed by atoms with Gasteiger partial charge in [-0.25, -0.2) is 0 Å². The molecule has 0 spiro atoms. The molecule has 0 aliphatic heterocycles. The largest absolute Gasteiger partial charge is 0.405 e. The molecule has 0 aliphatic rings. The molecule has 86 valence electrons. The number of alkyl halides is 1. The van der Waals surface area contributed by atoms with Gasteiger partial charge >= 0.3 is 0 Å². The molecule has 0 radical (unpaired) electrons. The number of hydrogen-bond donors (Lipinski definition) is 0. The molecule has 1 atom stereocenters. The van der Waals surface area contributed by atoms with Crippen LogP contribution in [-0.2, 0) is 4.43 Å². The van der Waals surface area contributed by atoms with Crippen molar-refractivity contribution in [3.63, 3.8) is 0 Å². The lowest BCUT2D eigenvalue weighted by Gasteiger charge is -2.43. The lowest BCUT2D eigenvalue weighted by molar-refractivity contribution is 0.281. The molecule has 3 heteroatoms. The van der Waals surface area contributed by atoms with Crippen molar-refractivity contribution >= 4 is 30.9 Å². The first kappa shape index (κ1) is 14.9. The Morgan fingerprint density at radius 3 is 1.14 bits per heavy atom. The van der Waals surface area contributed by atoms with E-state index in [1.54, 1.807) is 0 Å². The molecule has 0 saturated carbocycles. The fourth-order valence-corrected chi connectivity index (χ4v) is 9.39. The molecule has 0 aromatic heterocycles. The Kier molecular flexibility index (Phi) is 6.22. The Labute approximate surface area is 104 Å². The molecule has 0 heterocycles. The second-order valence-corrected chi connectivity index (χ2v) is 12.1. The maximum absolute atomic E-state index is 6.35. The Hall–Kier alpha value is 0.907. The Bertz CT molecular complexity index is 145. The van der Waals surface area contributed by atoms with Gasteiger partial charge in [0.15, 0.2) is 0 Å². The molecule has 0 aromatic rings. The van der Waals surface area contributed by atoms with Crippen LogP contribution in [0.3, 0.4) is 0 Å². The summed E-state index contributed by atoms with van der Waals surface area (Å²) in [5, 5.41) is 0. The second kappa shape index (κ2) is 5.85. The summed E-state index contributed by atoms with van der Waals surface area (Å²) in [5.41, 5.74) is 2.08. The summed E-state index contributed by atoms with van der Waals surface area (Å²) in [4.78, 5) is 0. The third kappa shape index (κ3) is 3.20. The van der Waals surface area contributed by atoms with Crippen LogP contribution < -0.4 is 0 Å². The van der Waals surface area contributed by atoms with Gasteiger partial charge < -0.3 is 4.43 Å². The van der Waals surface area contributed by atoms with Gasteiger partial charge in [-0.15, -0.1) is 0 Å². The van der Waals surface area contributed by atoms with Gasteiger partial charge in [0, 0.05) is 0 Å². The van der Waals surface area contributed by atoms with Crippen LogP contribution in [-0.4, -0.2) is 12.4 Å². The van der Waals surface area contributed by atoms with Crippen molar-refractivity contribution in [3.05, 3.63) is 0 Å². The summed E-state index contributed by atoms with van der Waals surface area (Å²) < 4.78 is 6.69.